The molecule has 1 aromatic heterocycles. The van der Waals surface area contributed by atoms with Gasteiger partial charge in [-0.25, -0.2) is 0 Å². The molecule has 1 unspecified atom stereocenters. The lowest BCUT2D eigenvalue weighted by molar-refractivity contribution is 0.764. The Labute approximate surface area is 115 Å². The lowest BCUT2D eigenvalue weighted by Crippen LogP contribution is -2.07. The van der Waals surface area contributed by atoms with Gasteiger partial charge in [0, 0.05) is 15.0 Å². The molecule has 0 saturated heterocycles. The zero-order valence-corrected chi connectivity index (χ0v) is 12.4. The number of thiophene rings is 1. The smallest absolute Gasteiger partial charge is 0.0604 e. The average Bonchev–Trinajstić information content (AvgIpc) is 2.84. The third-order valence-corrected chi connectivity index (χ3v) is 4.65. The Bertz CT molecular complexity index is 479. The van der Waals surface area contributed by atoms with Crippen LogP contribution >= 0.6 is 27.3 Å². The summed E-state index contributed by atoms with van der Waals surface area (Å²) in [5.74, 6) is 0. The number of nitrogens with one attached hydrogen (secondary N) is 1. The molecular formula is C14H16BrNS. The minimum absolute atomic E-state index is 0.407. The van der Waals surface area contributed by atoms with Gasteiger partial charge < -0.3 is 5.32 Å². The summed E-state index contributed by atoms with van der Waals surface area (Å²) in [6.45, 7) is 4.31. The molecule has 1 heterocycles. The zero-order valence-electron chi connectivity index (χ0n) is 10.0. The van der Waals surface area contributed by atoms with E-state index in [4.69, 9.17) is 0 Å². The van der Waals surface area contributed by atoms with E-state index >= 15 is 0 Å². The summed E-state index contributed by atoms with van der Waals surface area (Å²) >= 11 is 5.38. The summed E-state index contributed by atoms with van der Waals surface area (Å²) in [5, 5.41) is 5.71. The molecule has 2 rings (SSSR count). The van der Waals surface area contributed by atoms with Crippen molar-refractivity contribution < 1.29 is 0 Å². The van der Waals surface area contributed by atoms with Crippen LogP contribution in [0.2, 0.25) is 0 Å². The van der Waals surface area contributed by atoms with Crippen molar-refractivity contribution in [1.82, 2.24) is 0 Å². The van der Waals surface area contributed by atoms with Gasteiger partial charge in [0.1, 0.15) is 0 Å². The van der Waals surface area contributed by atoms with Gasteiger partial charge in [0.2, 0.25) is 0 Å². The largest absolute Gasteiger partial charge is 0.377 e. The molecule has 0 fully saturated rings. The zero-order chi connectivity index (χ0) is 12.3. The van der Waals surface area contributed by atoms with Gasteiger partial charge in [0.25, 0.3) is 0 Å². The molecule has 1 atom stereocenters. The molecular weight excluding hydrogens is 294 g/mol. The van der Waals surface area contributed by atoms with Crippen LogP contribution in [0.5, 0.6) is 0 Å². The SMILES string of the molecule is CCC(Nc1ccc(C)c(Br)c1)c1cccs1. The summed E-state index contributed by atoms with van der Waals surface area (Å²) in [6, 6.07) is 11.1. The van der Waals surface area contributed by atoms with Crippen LogP contribution in [0.4, 0.5) is 5.69 Å². The van der Waals surface area contributed by atoms with E-state index in [1.54, 1.807) is 0 Å². The molecule has 0 saturated carbocycles. The van der Waals surface area contributed by atoms with Crippen molar-refractivity contribution in [1.29, 1.82) is 0 Å². The molecule has 0 amide bonds. The van der Waals surface area contributed by atoms with E-state index in [-0.39, 0.29) is 0 Å². The summed E-state index contributed by atoms with van der Waals surface area (Å²) in [4.78, 5) is 1.39. The van der Waals surface area contributed by atoms with Crippen LogP contribution in [-0.2, 0) is 0 Å². The number of hydrogen-bond acceptors (Lipinski definition) is 2. The number of hydrogen-bond donors (Lipinski definition) is 1. The molecule has 0 aliphatic carbocycles. The number of aryl methyl sites for hydroxylation is 1. The van der Waals surface area contributed by atoms with E-state index in [0.717, 1.165) is 10.9 Å². The highest BCUT2D eigenvalue weighted by Crippen LogP contribution is 2.28. The van der Waals surface area contributed by atoms with Crippen molar-refractivity contribution in [3.05, 3.63) is 50.6 Å². The molecule has 0 radical (unpaired) electrons. The summed E-state index contributed by atoms with van der Waals surface area (Å²) < 4.78 is 1.16. The van der Waals surface area contributed by atoms with Gasteiger partial charge >= 0.3 is 0 Å². The number of anilines is 1. The highest BCUT2D eigenvalue weighted by Gasteiger charge is 2.10. The molecule has 17 heavy (non-hydrogen) atoms. The predicted molar refractivity (Wildman–Crippen MR) is 79.9 cm³/mol. The first-order chi connectivity index (χ1) is 8.20. The quantitative estimate of drug-likeness (QED) is 0.799. The Morgan fingerprint density at radius 3 is 2.76 bits per heavy atom. The first kappa shape index (κ1) is 12.7. The Kier molecular flexibility index (Phi) is 4.24. The highest BCUT2D eigenvalue weighted by atomic mass is 79.9. The molecule has 0 spiro atoms. The van der Waals surface area contributed by atoms with Crippen molar-refractivity contribution in [2.75, 3.05) is 5.32 Å². The fraction of sp³-hybridized carbons (Fsp3) is 0.286. The van der Waals surface area contributed by atoms with Gasteiger partial charge in [-0.15, -0.1) is 11.3 Å². The van der Waals surface area contributed by atoms with Crippen LogP contribution in [0, 0.1) is 6.92 Å². The minimum Gasteiger partial charge on any atom is -0.377 e. The maximum atomic E-state index is 3.58. The molecule has 0 bridgehead atoms. The van der Waals surface area contributed by atoms with Crippen molar-refractivity contribution >= 4 is 33.0 Å². The van der Waals surface area contributed by atoms with Gasteiger partial charge in [0.05, 0.1) is 6.04 Å². The maximum absolute atomic E-state index is 3.58. The fourth-order valence-corrected chi connectivity index (χ4v) is 2.99. The minimum atomic E-state index is 0.407. The van der Waals surface area contributed by atoms with Crippen molar-refractivity contribution in [2.45, 2.75) is 26.3 Å². The van der Waals surface area contributed by atoms with Gasteiger partial charge in [-0.2, -0.15) is 0 Å². The second-order valence-electron chi connectivity index (χ2n) is 4.08. The average molecular weight is 310 g/mol. The standard InChI is InChI=1S/C14H16BrNS/c1-3-13(14-5-4-8-17-14)16-11-7-6-10(2)12(15)9-11/h4-9,13,16H,3H2,1-2H3. The molecule has 3 heteroatoms. The molecule has 1 nitrogen and oxygen atoms in total. The van der Waals surface area contributed by atoms with E-state index in [1.165, 1.54) is 16.1 Å². The van der Waals surface area contributed by atoms with Crippen LogP contribution in [0.25, 0.3) is 0 Å². The molecule has 0 aliphatic rings. The lowest BCUT2D eigenvalue weighted by Gasteiger charge is -2.17. The normalized spacial score (nSPS) is 12.4. The summed E-state index contributed by atoms with van der Waals surface area (Å²) in [6.07, 6.45) is 1.09. The molecule has 0 aliphatic heterocycles. The van der Waals surface area contributed by atoms with E-state index in [1.807, 2.05) is 11.3 Å². The van der Waals surface area contributed by atoms with Crippen molar-refractivity contribution in [3.8, 4) is 0 Å². The van der Waals surface area contributed by atoms with Crippen LogP contribution in [0.15, 0.2) is 40.2 Å². The van der Waals surface area contributed by atoms with E-state index < -0.39 is 0 Å². The maximum Gasteiger partial charge on any atom is 0.0604 e. The van der Waals surface area contributed by atoms with E-state index in [2.05, 4.69) is 70.8 Å². The number of benzene rings is 1. The predicted octanol–water partition coefficient (Wildman–Crippen LogP) is 5.38. The molecule has 1 N–H and O–H groups in total. The Hall–Kier alpha value is -0.800. The van der Waals surface area contributed by atoms with E-state index in [9.17, 15) is 0 Å². The monoisotopic (exact) mass is 309 g/mol. The van der Waals surface area contributed by atoms with E-state index in [0.29, 0.717) is 6.04 Å². The summed E-state index contributed by atoms with van der Waals surface area (Å²) in [5.41, 5.74) is 2.43. The van der Waals surface area contributed by atoms with Crippen LogP contribution in [-0.4, -0.2) is 0 Å². The Balaban J connectivity index is 2.16. The van der Waals surface area contributed by atoms with Crippen LogP contribution in [0.1, 0.15) is 29.8 Å². The van der Waals surface area contributed by atoms with Gasteiger partial charge in [-0.05, 0) is 42.5 Å². The topological polar surface area (TPSA) is 12.0 Å². The third kappa shape index (κ3) is 3.11. The Morgan fingerprint density at radius 1 is 1.35 bits per heavy atom. The van der Waals surface area contributed by atoms with Crippen LogP contribution in [0.3, 0.4) is 0 Å². The number of rotatable bonds is 4. The fourth-order valence-electron chi connectivity index (χ4n) is 1.75. The second-order valence-corrected chi connectivity index (χ2v) is 5.92. The highest BCUT2D eigenvalue weighted by molar-refractivity contribution is 9.10. The molecule has 2 aromatic rings. The summed E-state index contributed by atoms with van der Waals surface area (Å²) in [7, 11) is 0. The van der Waals surface area contributed by atoms with Gasteiger partial charge in [0.15, 0.2) is 0 Å². The van der Waals surface area contributed by atoms with Crippen molar-refractivity contribution in [2.24, 2.45) is 0 Å². The van der Waals surface area contributed by atoms with Gasteiger partial charge in [-0.1, -0.05) is 35.0 Å². The molecule has 90 valence electrons. The van der Waals surface area contributed by atoms with Gasteiger partial charge in [-0.3, -0.25) is 0 Å². The lowest BCUT2D eigenvalue weighted by atomic mass is 10.1. The Morgan fingerprint density at radius 2 is 2.18 bits per heavy atom. The third-order valence-electron chi connectivity index (χ3n) is 2.81. The first-order valence-corrected chi connectivity index (χ1v) is 7.44. The van der Waals surface area contributed by atoms with Crippen molar-refractivity contribution in [3.63, 3.8) is 0 Å². The van der Waals surface area contributed by atoms with Crippen LogP contribution < -0.4 is 5.32 Å². The first-order valence-electron chi connectivity index (χ1n) is 5.76. The number of halogens is 1. The second kappa shape index (κ2) is 5.69. The molecule has 1 aromatic carbocycles.